The van der Waals surface area contributed by atoms with Crippen molar-refractivity contribution < 1.29 is 17.9 Å². The third-order valence-electron chi connectivity index (χ3n) is 5.31. The molecule has 0 aromatic heterocycles. The number of morpholine rings is 1. The van der Waals surface area contributed by atoms with Gasteiger partial charge in [0.2, 0.25) is 0 Å². The van der Waals surface area contributed by atoms with E-state index in [1.807, 2.05) is 30.3 Å². The van der Waals surface area contributed by atoms with E-state index in [0.29, 0.717) is 25.2 Å². The van der Waals surface area contributed by atoms with Crippen LogP contribution in [-0.2, 0) is 17.5 Å². The number of nitrogens with zero attached hydrogens (tertiary/aromatic N) is 2. The number of alkyl halides is 3. The molecule has 3 nitrogen and oxygen atoms in total. The largest absolute Gasteiger partial charge is 0.416 e. The molecule has 2 aliphatic heterocycles. The van der Waals surface area contributed by atoms with Crippen LogP contribution in [0.25, 0.3) is 5.57 Å². The van der Waals surface area contributed by atoms with Crippen molar-refractivity contribution in [1.82, 2.24) is 4.90 Å². The third kappa shape index (κ3) is 3.82. The second kappa shape index (κ2) is 7.42. The number of hydrogen-bond acceptors (Lipinski definition) is 3. The van der Waals surface area contributed by atoms with Gasteiger partial charge in [0.1, 0.15) is 0 Å². The molecule has 0 radical (unpaired) electrons. The Hall–Kier alpha value is -2.62. The Morgan fingerprint density at radius 2 is 1.89 bits per heavy atom. The normalized spacial score (nSPS) is 22.4. The van der Waals surface area contributed by atoms with Crippen molar-refractivity contribution in [1.29, 1.82) is 5.26 Å². The van der Waals surface area contributed by atoms with Gasteiger partial charge in [-0.2, -0.15) is 18.4 Å². The second-order valence-corrected chi connectivity index (χ2v) is 7.22. The zero-order chi connectivity index (χ0) is 19.7. The number of fused-ring (bicyclic) bond motifs is 2. The number of benzene rings is 2. The van der Waals surface area contributed by atoms with Crippen molar-refractivity contribution >= 4 is 5.57 Å². The smallest absolute Gasteiger partial charge is 0.378 e. The first-order chi connectivity index (χ1) is 13.4. The standard InChI is InChI=1S/C22H19F3N2O/c23-22(24,25)19-7-16(11-26)6-17(8-19)18-9-20-13-28-14-21(10-18)27(20)12-15-4-2-1-3-5-15/h1-9,20-21H,10,12-14H2. The molecular weight excluding hydrogens is 365 g/mol. The first kappa shape index (κ1) is 18.7. The van der Waals surface area contributed by atoms with Gasteiger partial charge in [0.15, 0.2) is 0 Å². The van der Waals surface area contributed by atoms with Gasteiger partial charge in [-0.15, -0.1) is 0 Å². The molecule has 2 aliphatic rings. The van der Waals surface area contributed by atoms with Crippen molar-refractivity contribution in [3.05, 3.63) is 76.9 Å². The molecule has 2 atom stereocenters. The average molecular weight is 384 g/mol. The lowest BCUT2D eigenvalue weighted by Crippen LogP contribution is -2.53. The molecule has 0 N–H and O–H groups in total. The monoisotopic (exact) mass is 384 g/mol. The number of halogens is 3. The lowest BCUT2D eigenvalue weighted by molar-refractivity contribution is -0.137. The van der Waals surface area contributed by atoms with E-state index in [9.17, 15) is 13.2 Å². The van der Waals surface area contributed by atoms with Crippen molar-refractivity contribution in [3.8, 4) is 6.07 Å². The van der Waals surface area contributed by atoms with Crippen LogP contribution in [-0.4, -0.2) is 30.2 Å². The molecule has 0 saturated carbocycles. The van der Waals surface area contributed by atoms with Gasteiger partial charge in [-0.1, -0.05) is 36.4 Å². The first-order valence-corrected chi connectivity index (χ1v) is 9.15. The van der Waals surface area contributed by atoms with E-state index < -0.39 is 11.7 Å². The minimum absolute atomic E-state index is 0.00258. The van der Waals surface area contributed by atoms with E-state index in [0.717, 1.165) is 24.3 Å². The highest BCUT2D eigenvalue weighted by atomic mass is 19.4. The van der Waals surface area contributed by atoms with E-state index in [-0.39, 0.29) is 17.6 Å². The van der Waals surface area contributed by atoms with Crippen LogP contribution in [0.5, 0.6) is 0 Å². The summed E-state index contributed by atoms with van der Waals surface area (Å²) in [5, 5.41) is 9.15. The molecule has 0 amide bonds. The van der Waals surface area contributed by atoms with Crippen LogP contribution in [0.2, 0.25) is 0 Å². The fourth-order valence-corrected chi connectivity index (χ4v) is 3.96. The molecule has 6 heteroatoms. The van der Waals surface area contributed by atoms with Crippen molar-refractivity contribution in [2.45, 2.75) is 31.2 Å². The molecule has 1 saturated heterocycles. The maximum absolute atomic E-state index is 13.2. The van der Waals surface area contributed by atoms with Crippen LogP contribution in [0.1, 0.15) is 28.7 Å². The lowest BCUT2D eigenvalue weighted by Gasteiger charge is -2.45. The van der Waals surface area contributed by atoms with Crippen molar-refractivity contribution in [2.75, 3.05) is 13.2 Å². The summed E-state index contributed by atoms with van der Waals surface area (Å²) in [5.41, 5.74) is 1.77. The summed E-state index contributed by atoms with van der Waals surface area (Å²) in [7, 11) is 0. The quantitative estimate of drug-likeness (QED) is 0.774. The molecule has 4 rings (SSSR count). The zero-order valence-electron chi connectivity index (χ0n) is 15.1. The van der Waals surface area contributed by atoms with Gasteiger partial charge in [-0.05, 0) is 41.3 Å². The molecular formula is C22H19F3N2O. The second-order valence-electron chi connectivity index (χ2n) is 7.22. The summed E-state index contributed by atoms with van der Waals surface area (Å²) >= 11 is 0. The van der Waals surface area contributed by atoms with E-state index >= 15 is 0 Å². The molecule has 2 bridgehead atoms. The molecule has 144 valence electrons. The average Bonchev–Trinajstić information content (AvgIpc) is 2.67. The highest BCUT2D eigenvalue weighted by Gasteiger charge is 2.36. The van der Waals surface area contributed by atoms with Gasteiger partial charge in [-0.25, -0.2) is 0 Å². The fraction of sp³-hybridized carbons (Fsp3) is 0.318. The summed E-state index contributed by atoms with van der Waals surface area (Å²) in [6.45, 7) is 1.83. The number of rotatable bonds is 3. The number of ether oxygens (including phenoxy) is 1. The predicted molar refractivity (Wildman–Crippen MR) is 99.1 cm³/mol. The Labute approximate surface area is 161 Å². The molecule has 2 heterocycles. The summed E-state index contributed by atoms with van der Waals surface area (Å²) in [6, 6.07) is 15.7. The molecule has 0 spiro atoms. The van der Waals surface area contributed by atoms with E-state index in [4.69, 9.17) is 10.00 Å². The van der Waals surface area contributed by atoms with E-state index in [1.165, 1.54) is 5.56 Å². The van der Waals surface area contributed by atoms with Crippen LogP contribution in [0.4, 0.5) is 13.2 Å². The molecule has 2 aromatic rings. The Morgan fingerprint density at radius 1 is 1.11 bits per heavy atom. The minimum Gasteiger partial charge on any atom is -0.378 e. The molecule has 2 unspecified atom stereocenters. The van der Waals surface area contributed by atoms with Crippen LogP contribution in [0.15, 0.2) is 54.6 Å². The first-order valence-electron chi connectivity index (χ1n) is 9.15. The topological polar surface area (TPSA) is 36.3 Å². The maximum Gasteiger partial charge on any atom is 0.416 e. The van der Waals surface area contributed by atoms with Gasteiger partial charge in [0.05, 0.1) is 36.5 Å². The molecule has 28 heavy (non-hydrogen) atoms. The maximum atomic E-state index is 13.2. The number of hydrogen-bond donors (Lipinski definition) is 0. The Morgan fingerprint density at radius 3 is 2.57 bits per heavy atom. The van der Waals surface area contributed by atoms with E-state index in [2.05, 4.69) is 17.0 Å². The Bertz CT molecular complexity index is 931. The van der Waals surface area contributed by atoms with Crippen LogP contribution < -0.4 is 0 Å². The summed E-state index contributed by atoms with van der Waals surface area (Å²) in [4.78, 5) is 2.35. The summed E-state index contributed by atoms with van der Waals surface area (Å²) in [6.07, 6.45) is -1.89. The summed E-state index contributed by atoms with van der Waals surface area (Å²) < 4.78 is 45.4. The molecule has 0 aliphatic carbocycles. The van der Waals surface area contributed by atoms with Gasteiger partial charge in [-0.3, -0.25) is 4.90 Å². The molecule has 2 aromatic carbocycles. The Kier molecular flexibility index (Phi) is 4.96. The molecule has 1 fully saturated rings. The van der Waals surface area contributed by atoms with Crippen molar-refractivity contribution in [3.63, 3.8) is 0 Å². The lowest BCUT2D eigenvalue weighted by atomic mass is 9.88. The summed E-state index contributed by atoms with van der Waals surface area (Å²) in [5.74, 6) is 0. The zero-order valence-corrected chi connectivity index (χ0v) is 15.1. The van der Waals surface area contributed by atoms with E-state index in [1.54, 1.807) is 6.07 Å². The van der Waals surface area contributed by atoms with Crippen LogP contribution in [0.3, 0.4) is 0 Å². The SMILES string of the molecule is N#Cc1cc(C2=CC3COCC(C2)N3Cc2ccccc2)cc(C(F)(F)F)c1. The Balaban J connectivity index is 1.66. The van der Waals surface area contributed by atoms with Gasteiger partial charge in [0.25, 0.3) is 0 Å². The van der Waals surface area contributed by atoms with Crippen molar-refractivity contribution in [2.24, 2.45) is 0 Å². The highest BCUT2D eigenvalue weighted by Crippen LogP contribution is 2.37. The van der Waals surface area contributed by atoms with Gasteiger partial charge in [0, 0.05) is 12.6 Å². The highest BCUT2D eigenvalue weighted by molar-refractivity contribution is 5.69. The van der Waals surface area contributed by atoms with Gasteiger partial charge < -0.3 is 4.74 Å². The van der Waals surface area contributed by atoms with Crippen LogP contribution >= 0.6 is 0 Å². The predicted octanol–water partition coefficient (Wildman–Crippen LogP) is 4.63. The van der Waals surface area contributed by atoms with Gasteiger partial charge >= 0.3 is 6.18 Å². The fourth-order valence-electron chi connectivity index (χ4n) is 3.96. The van der Waals surface area contributed by atoms with Crippen LogP contribution in [0, 0.1) is 11.3 Å². The number of nitriles is 1. The third-order valence-corrected chi connectivity index (χ3v) is 5.31. The minimum atomic E-state index is -4.48.